The van der Waals surface area contributed by atoms with E-state index in [-0.39, 0.29) is 12.6 Å². The second-order valence-corrected chi connectivity index (χ2v) is 7.40. The lowest BCUT2D eigenvalue weighted by atomic mass is 9.91. The van der Waals surface area contributed by atoms with Crippen LogP contribution in [0.3, 0.4) is 0 Å². The highest BCUT2D eigenvalue weighted by Gasteiger charge is 2.28. The van der Waals surface area contributed by atoms with E-state index in [0.29, 0.717) is 23.1 Å². The number of benzene rings is 2. The lowest BCUT2D eigenvalue weighted by Crippen LogP contribution is -2.26. The third-order valence-electron chi connectivity index (χ3n) is 5.46. The normalized spacial score (nSPS) is 12.8. The van der Waals surface area contributed by atoms with Crippen LogP contribution >= 0.6 is 0 Å². The molecule has 0 spiro atoms. The van der Waals surface area contributed by atoms with Gasteiger partial charge in [-0.05, 0) is 55.0 Å². The number of aromatic nitrogens is 1. The largest absolute Gasteiger partial charge is 0.493 e. The number of hydrogen-bond acceptors (Lipinski definition) is 6. The van der Waals surface area contributed by atoms with Gasteiger partial charge in [0, 0.05) is 36.0 Å². The number of pyridine rings is 1. The van der Waals surface area contributed by atoms with Crippen molar-refractivity contribution in [3.05, 3.63) is 47.7 Å². The number of anilines is 1. The maximum Gasteiger partial charge on any atom is 0.339 e. The van der Waals surface area contributed by atoms with Gasteiger partial charge in [0.15, 0.2) is 11.5 Å². The summed E-state index contributed by atoms with van der Waals surface area (Å²) >= 11 is 0. The van der Waals surface area contributed by atoms with Crippen molar-refractivity contribution >= 4 is 22.6 Å². The lowest BCUT2D eigenvalue weighted by Gasteiger charge is -2.22. The zero-order chi connectivity index (χ0) is 20.7. The third kappa shape index (κ3) is 3.14. The summed E-state index contributed by atoms with van der Waals surface area (Å²) in [5, 5.41) is 1.85. The number of esters is 1. The summed E-state index contributed by atoms with van der Waals surface area (Å²) in [7, 11) is 5.22. The average Bonchev–Trinajstić information content (AvgIpc) is 3.10. The Bertz CT molecular complexity index is 1090. The van der Waals surface area contributed by atoms with Crippen LogP contribution in [0, 0.1) is 0 Å². The number of fused-ring (bicyclic) bond motifs is 2. The fourth-order valence-corrected chi connectivity index (χ4v) is 3.66. The Hall–Kier alpha value is -3.28. The molecule has 6 heteroatoms. The Morgan fingerprint density at radius 2 is 1.79 bits per heavy atom. The van der Waals surface area contributed by atoms with E-state index in [1.165, 1.54) is 0 Å². The first-order chi connectivity index (χ1) is 13.9. The topological polar surface area (TPSA) is 60.9 Å². The van der Waals surface area contributed by atoms with Crippen LogP contribution in [0.2, 0.25) is 0 Å². The zero-order valence-electron chi connectivity index (χ0n) is 17.3. The Balaban J connectivity index is 1.97. The quantitative estimate of drug-likeness (QED) is 0.599. The maximum absolute atomic E-state index is 12.5. The van der Waals surface area contributed by atoms with E-state index in [9.17, 15) is 4.79 Å². The van der Waals surface area contributed by atoms with E-state index in [1.807, 2.05) is 43.6 Å². The van der Waals surface area contributed by atoms with Crippen LogP contribution in [-0.2, 0) is 11.3 Å². The molecule has 0 saturated heterocycles. The van der Waals surface area contributed by atoms with Gasteiger partial charge in [0.2, 0.25) is 0 Å². The van der Waals surface area contributed by atoms with Crippen LogP contribution in [0.15, 0.2) is 36.5 Å². The second-order valence-electron chi connectivity index (χ2n) is 7.40. The minimum atomic E-state index is -0.310. The summed E-state index contributed by atoms with van der Waals surface area (Å²) in [6.45, 7) is 4.50. The van der Waals surface area contributed by atoms with E-state index >= 15 is 0 Å². The highest BCUT2D eigenvalue weighted by molar-refractivity contribution is 6.11. The fraction of sp³-hybridized carbons (Fsp3) is 0.304. The molecule has 0 unspecified atom stereocenters. The molecule has 1 aliphatic heterocycles. The first-order valence-electron chi connectivity index (χ1n) is 9.52. The van der Waals surface area contributed by atoms with E-state index < -0.39 is 0 Å². The van der Waals surface area contributed by atoms with Crippen molar-refractivity contribution in [2.75, 3.05) is 26.2 Å². The molecular weight excluding hydrogens is 368 g/mol. The number of nitrogens with zero attached hydrogens (tertiary/aromatic N) is 2. The first-order valence-corrected chi connectivity index (χ1v) is 9.52. The molecule has 2 aromatic carbocycles. The fourth-order valence-electron chi connectivity index (χ4n) is 3.66. The van der Waals surface area contributed by atoms with E-state index in [4.69, 9.17) is 14.2 Å². The lowest BCUT2D eigenvalue weighted by molar-refractivity contribution is 0.0535. The van der Waals surface area contributed by atoms with Crippen molar-refractivity contribution in [2.24, 2.45) is 0 Å². The SMILES string of the molecule is COc1cc2cc3c(c(-c4ccc(N(C)C(C)C)nc4)c2cc1OC)C(=O)OC3. The van der Waals surface area contributed by atoms with E-state index in [2.05, 4.69) is 23.7 Å². The van der Waals surface area contributed by atoms with Gasteiger partial charge >= 0.3 is 5.97 Å². The van der Waals surface area contributed by atoms with Crippen LogP contribution in [0.5, 0.6) is 11.5 Å². The highest BCUT2D eigenvalue weighted by atomic mass is 16.5. The Kier molecular flexibility index (Phi) is 4.78. The highest BCUT2D eigenvalue weighted by Crippen LogP contribution is 2.42. The van der Waals surface area contributed by atoms with Gasteiger partial charge in [0.25, 0.3) is 0 Å². The van der Waals surface area contributed by atoms with Gasteiger partial charge in [-0.2, -0.15) is 0 Å². The summed E-state index contributed by atoms with van der Waals surface area (Å²) in [6.07, 6.45) is 1.81. The molecule has 0 atom stereocenters. The molecule has 3 aromatic rings. The van der Waals surface area contributed by atoms with Gasteiger partial charge in [0.1, 0.15) is 12.4 Å². The summed E-state index contributed by atoms with van der Waals surface area (Å²) in [5.41, 5.74) is 3.13. The van der Waals surface area contributed by atoms with Crippen LogP contribution in [0.1, 0.15) is 29.8 Å². The van der Waals surface area contributed by atoms with Gasteiger partial charge < -0.3 is 19.1 Å². The molecule has 0 amide bonds. The summed E-state index contributed by atoms with van der Waals surface area (Å²) in [5.74, 6) is 1.82. The molecule has 2 heterocycles. The van der Waals surface area contributed by atoms with Crippen molar-refractivity contribution in [3.8, 4) is 22.6 Å². The van der Waals surface area contributed by atoms with Crippen molar-refractivity contribution in [1.82, 2.24) is 4.98 Å². The van der Waals surface area contributed by atoms with Crippen molar-refractivity contribution in [2.45, 2.75) is 26.5 Å². The smallest absolute Gasteiger partial charge is 0.339 e. The number of hydrogen-bond donors (Lipinski definition) is 0. The molecule has 0 bridgehead atoms. The molecular formula is C23H24N2O4. The molecule has 0 N–H and O–H groups in total. The molecule has 0 aliphatic carbocycles. The van der Waals surface area contributed by atoms with Crippen LogP contribution < -0.4 is 14.4 Å². The van der Waals surface area contributed by atoms with Crippen molar-refractivity contribution < 1.29 is 19.0 Å². The van der Waals surface area contributed by atoms with Crippen molar-refractivity contribution in [1.29, 1.82) is 0 Å². The number of ether oxygens (including phenoxy) is 3. The van der Waals surface area contributed by atoms with Crippen LogP contribution in [-0.4, -0.2) is 38.3 Å². The van der Waals surface area contributed by atoms with E-state index in [1.54, 1.807) is 14.2 Å². The van der Waals surface area contributed by atoms with Gasteiger partial charge in [0.05, 0.1) is 19.8 Å². The standard InChI is InChI=1S/C23H24N2O4/c1-13(2)25(3)20-7-6-14(11-24-20)21-17-10-19(28-5)18(27-4)9-15(17)8-16-12-29-23(26)22(16)21/h6-11,13H,12H2,1-5H3. The number of cyclic esters (lactones) is 1. The number of carbonyl (C=O) groups is 1. The molecule has 1 aliphatic rings. The van der Waals surface area contributed by atoms with Crippen LogP contribution in [0.4, 0.5) is 5.82 Å². The molecule has 29 heavy (non-hydrogen) atoms. The zero-order valence-corrected chi connectivity index (χ0v) is 17.3. The molecule has 0 radical (unpaired) electrons. The molecule has 0 saturated carbocycles. The predicted molar refractivity (Wildman–Crippen MR) is 113 cm³/mol. The molecule has 1 aromatic heterocycles. The minimum absolute atomic E-state index is 0.271. The predicted octanol–water partition coefficient (Wildman–Crippen LogP) is 4.43. The average molecular weight is 392 g/mol. The Morgan fingerprint density at radius 3 is 2.41 bits per heavy atom. The van der Waals surface area contributed by atoms with Gasteiger partial charge in [-0.3, -0.25) is 0 Å². The number of carbonyl (C=O) groups excluding carboxylic acids is 1. The molecule has 0 fully saturated rings. The second kappa shape index (κ2) is 7.28. The molecule has 4 rings (SSSR count). The first kappa shape index (κ1) is 19.1. The Labute approximate surface area is 170 Å². The number of methoxy groups -OCH3 is 2. The minimum Gasteiger partial charge on any atom is -0.493 e. The van der Waals surface area contributed by atoms with E-state index in [0.717, 1.165) is 33.3 Å². The number of rotatable bonds is 5. The van der Waals surface area contributed by atoms with Gasteiger partial charge in [-0.25, -0.2) is 9.78 Å². The Morgan fingerprint density at radius 1 is 1.07 bits per heavy atom. The monoisotopic (exact) mass is 392 g/mol. The summed E-state index contributed by atoms with van der Waals surface area (Å²) in [6, 6.07) is 10.1. The molecule has 150 valence electrons. The van der Waals surface area contributed by atoms with Gasteiger partial charge in [-0.15, -0.1) is 0 Å². The summed E-state index contributed by atoms with van der Waals surface area (Å²) in [4.78, 5) is 19.3. The third-order valence-corrected chi connectivity index (χ3v) is 5.46. The summed E-state index contributed by atoms with van der Waals surface area (Å²) < 4.78 is 16.3. The van der Waals surface area contributed by atoms with Crippen molar-refractivity contribution in [3.63, 3.8) is 0 Å². The van der Waals surface area contributed by atoms with Crippen LogP contribution in [0.25, 0.3) is 21.9 Å². The maximum atomic E-state index is 12.5. The molecule has 6 nitrogen and oxygen atoms in total. The van der Waals surface area contributed by atoms with Gasteiger partial charge in [-0.1, -0.05) is 0 Å².